The molecule has 2 amide bonds. The summed E-state index contributed by atoms with van der Waals surface area (Å²) in [6.07, 6.45) is 1.00. The highest BCUT2D eigenvalue weighted by molar-refractivity contribution is 6.33. The Labute approximate surface area is 202 Å². The zero-order valence-electron chi connectivity index (χ0n) is 18.4. The number of halogens is 2. The minimum Gasteiger partial charge on any atom is -0.445 e. The lowest BCUT2D eigenvalue weighted by atomic mass is 10.0. The third kappa shape index (κ3) is 4.64. The van der Waals surface area contributed by atoms with Crippen LogP contribution in [0.5, 0.6) is 0 Å². The van der Waals surface area contributed by atoms with E-state index in [0.717, 1.165) is 12.0 Å². The van der Waals surface area contributed by atoms with Crippen LogP contribution < -0.4 is 5.32 Å². The lowest BCUT2D eigenvalue weighted by molar-refractivity contribution is -0.122. The summed E-state index contributed by atoms with van der Waals surface area (Å²) in [4.78, 5) is 27.6. The van der Waals surface area contributed by atoms with E-state index in [2.05, 4.69) is 5.32 Å². The van der Waals surface area contributed by atoms with Gasteiger partial charge < -0.3 is 10.1 Å². The fourth-order valence-electron chi connectivity index (χ4n) is 4.60. The Hall–Kier alpha value is -3.38. The summed E-state index contributed by atoms with van der Waals surface area (Å²) in [6, 6.07) is 20.4. The number of likely N-dealkylation sites (tertiary alicyclic amines) is 1. The van der Waals surface area contributed by atoms with Crippen LogP contribution in [0.15, 0.2) is 72.8 Å². The first-order valence-electron chi connectivity index (χ1n) is 11.3. The first-order chi connectivity index (χ1) is 16.5. The monoisotopic (exact) mass is 478 g/mol. The zero-order valence-corrected chi connectivity index (χ0v) is 19.2. The molecule has 0 radical (unpaired) electrons. The summed E-state index contributed by atoms with van der Waals surface area (Å²) in [6.45, 7) is 0.603. The molecule has 7 heteroatoms. The maximum atomic E-state index is 15.3. The smallest absolute Gasteiger partial charge is 0.410 e. The van der Waals surface area contributed by atoms with E-state index in [1.165, 1.54) is 11.0 Å². The van der Waals surface area contributed by atoms with E-state index in [1.54, 1.807) is 36.4 Å². The van der Waals surface area contributed by atoms with Crippen LogP contribution in [0.4, 0.5) is 14.9 Å². The fraction of sp³-hybridized carbons (Fsp3) is 0.259. The Morgan fingerprint density at radius 2 is 1.68 bits per heavy atom. The summed E-state index contributed by atoms with van der Waals surface area (Å²) in [5, 5.41) is 3.12. The number of carbonyl (C=O) groups excluding carboxylic acids is 2. The number of fused-ring (bicyclic) bond motifs is 1. The number of piperidine rings is 1. The Bertz CT molecular complexity index is 1220. The van der Waals surface area contributed by atoms with Gasteiger partial charge in [0.1, 0.15) is 12.6 Å². The average Bonchev–Trinajstić information content (AvgIpc) is 3.63. The molecule has 3 aromatic rings. The van der Waals surface area contributed by atoms with Gasteiger partial charge in [0.15, 0.2) is 5.82 Å². The predicted octanol–water partition coefficient (Wildman–Crippen LogP) is 6.13. The van der Waals surface area contributed by atoms with E-state index in [4.69, 9.17) is 16.3 Å². The zero-order chi connectivity index (χ0) is 23.7. The molecule has 1 aliphatic carbocycles. The van der Waals surface area contributed by atoms with Crippen molar-refractivity contribution in [1.29, 1.82) is 0 Å². The van der Waals surface area contributed by atoms with E-state index in [0.29, 0.717) is 41.0 Å². The summed E-state index contributed by atoms with van der Waals surface area (Å²) >= 11 is 6.25. The van der Waals surface area contributed by atoms with Crippen LogP contribution in [0, 0.1) is 17.7 Å². The van der Waals surface area contributed by atoms with Gasteiger partial charge in [-0.15, -0.1) is 0 Å². The highest BCUT2D eigenvalue weighted by atomic mass is 35.5. The van der Waals surface area contributed by atoms with E-state index < -0.39 is 23.9 Å². The van der Waals surface area contributed by atoms with Crippen molar-refractivity contribution in [3.05, 3.63) is 89.2 Å². The molecule has 5 nitrogen and oxygen atoms in total. The van der Waals surface area contributed by atoms with Crippen molar-refractivity contribution >= 4 is 29.3 Å². The lowest BCUT2D eigenvalue weighted by Crippen LogP contribution is -2.51. The van der Waals surface area contributed by atoms with Crippen LogP contribution in [0.3, 0.4) is 0 Å². The Morgan fingerprint density at radius 1 is 0.941 bits per heavy atom. The molecule has 3 aromatic carbocycles. The van der Waals surface area contributed by atoms with Gasteiger partial charge in [-0.3, -0.25) is 9.69 Å². The number of rotatable bonds is 5. The van der Waals surface area contributed by atoms with Gasteiger partial charge in [0.25, 0.3) is 0 Å². The van der Waals surface area contributed by atoms with Gasteiger partial charge in [-0.25, -0.2) is 9.18 Å². The highest BCUT2D eigenvalue weighted by Crippen LogP contribution is 2.47. The third-order valence-electron chi connectivity index (χ3n) is 6.57. The molecule has 2 fully saturated rings. The topological polar surface area (TPSA) is 58.6 Å². The summed E-state index contributed by atoms with van der Waals surface area (Å²) < 4.78 is 20.8. The molecule has 34 heavy (non-hydrogen) atoms. The number of anilines is 1. The number of hydrogen-bond donors (Lipinski definition) is 1. The minimum absolute atomic E-state index is 0.0537. The van der Waals surface area contributed by atoms with E-state index >= 15 is 4.39 Å². The van der Waals surface area contributed by atoms with E-state index in [-0.39, 0.29) is 12.3 Å². The second-order valence-electron chi connectivity index (χ2n) is 8.84. The summed E-state index contributed by atoms with van der Waals surface area (Å²) in [7, 11) is 0. The van der Waals surface area contributed by atoms with E-state index in [1.807, 2.05) is 30.3 Å². The van der Waals surface area contributed by atoms with Gasteiger partial charge in [0, 0.05) is 22.7 Å². The normalized spacial score (nSPS) is 20.9. The minimum atomic E-state index is -0.713. The van der Waals surface area contributed by atoms with Crippen LogP contribution in [-0.2, 0) is 16.1 Å². The van der Waals surface area contributed by atoms with Gasteiger partial charge in [-0.2, -0.15) is 0 Å². The van der Waals surface area contributed by atoms with Gasteiger partial charge in [-0.05, 0) is 42.4 Å². The van der Waals surface area contributed by atoms with Gasteiger partial charge in [-0.1, -0.05) is 72.3 Å². The van der Waals surface area contributed by atoms with Crippen LogP contribution in [0.25, 0.3) is 11.1 Å². The second kappa shape index (κ2) is 9.47. The Kier molecular flexibility index (Phi) is 6.24. The van der Waals surface area contributed by atoms with Crippen molar-refractivity contribution in [2.75, 3.05) is 11.9 Å². The van der Waals surface area contributed by atoms with Crippen LogP contribution in [0.1, 0.15) is 18.4 Å². The van der Waals surface area contributed by atoms with Crippen molar-refractivity contribution in [2.45, 2.75) is 25.5 Å². The molecule has 3 atom stereocenters. The predicted molar refractivity (Wildman–Crippen MR) is 129 cm³/mol. The third-order valence-corrected chi connectivity index (χ3v) is 6.89. The molecule has 174 valence electrons. The van der Waals surface area contributed by atoms with Crippen molar-refractivity contribution in [2.24, 2.45) is 11.8 Å². The molecule has 1 aliphatic heterocycles. The van der Waals surface area contributed by atoms with Gasteiger partial charge >= 0.3 is 6.09 Å². The standard InChI is InChI=1S/C27H24ClFN2O3/c28-22-11-5-4-9-20(22)21-10-6-12-23(25(21)29)30-26(32)24-14-18-13-19(18)15-31(24)27(33)34-16-17-7-2-1-3-8-17/h1-12,18-19,24H,13-16H2,(H,30,32)/t18-,19?,24+/m1/s1. The Morgan fingerprint density at radius 3 is 2.47 bits per heavy atom. The first kappa shape index (κ1) is 22.4. The molecule has 1 heterocycles. The van der Waals surface area contributed by atoms with Crippen molar-refractivity contribution < 1.29 is 18.7 Å². The molecule has 1 N–H and O–H groups in total. The van der Waals surface area contributed by atoms with Gasteiger partial charge in [0.05, 0.1) is 5.69 Å². The quantitative estimate of drug-likeness (QED) is 0.479. The molecule has 1 saturated heterocycles. The number of hydrogen-bond acceptors (Lipinski definition) is 3. The molecular weight excluding hydrogens is 455 g/mol. The lowest BCUT2D eigenvalue weighted by Gasteiger charge is -2.33. The maximum absolute atomic E-state index is 15.3. The summed E-state index contributed by atoms with van der Waals surface area (Å²) in [5.41, 5.74) is 1.77. The summed E-state index contributed by atoms with van der Waals surface area (Å²) in [5.74, 6) is -0.179. The molecule has 0 bridgehead atoms. The van der Waals surface area contributed by atoms with Crippen molar-refractivity contribution in [3.8, 4) is 11.1 Å². The van der Waals surface area contributed by atoms with Crippen molar-refractivity contribution in [1.82, 2.24) is 4.90 Å². The van der Waals surface area contributed by atoms with Crippen LogP contribution in [-0.4, -0.2) is 29.5 Å². The largest absolute Gasteiger partial charge is 0.445 e. The number of nitrogens with one attached hydrogen (secondary N) is 1. The second-order valence-corrected chi connectivity index (χ2v) is 9.24. The molecular formula is C27H24ClFN2O3. The number of nitrogens with zero attached hydrogens (tertiary/aromatic N) is 1. The highest BCUT2D eigenvalue weighted by Gasteiger charge is 2.49. The first-order valence-corrected chi connectivity index (χ1v) is 11.7. The van der Waals surface area contributed by atoms with E-state index in [9.17, 15) is 9.59 Å². The molecule has 1 unspecified atom stereocenters. The number of amides is 2. The Balaban J connectivity index is 1.32. The molecule has 0 aromatic heterocycles. The maximum Gasteiger partial charge on any atom is 0.410 e. The molecule has 1 saturated carbocycles. The van der Waals surface area contributed by atoms with Crippen molar-refractivity contribution in [3.63, 3.8) is 0 Å². The molecule has 0 spiro atoms. The fourth-order valence-corrected chi connectivity index (χ4v) is 4.84. The SMILES string of the molecule is O=C(Nc1cccc(-c2ccccc2Cl)c1F)[C@@H]1C[C@H]2CC2CN1C(=O)OCc1ccccc1. The number of ether oxygens (including phenoxy) is 1. The van der Waals surface area contributed by atoms with Crippen LogP contribution in [0.2, 0.25) is 5.02 Å². The molecule has 2 aliphatic rings. The van der Waals surface area contributed by atoms with Gasteiger partial charge in [0.2, 0.25) is 5.91 Å². The molecule has 5 rings (SSSR count). The average molecular weight is 479 g/mol. The van der Waals surface area contributed by atoms with Crippen LogP contribution >= 0.6 is 11.6 Å². The number of benzene rings is 3. The number of carbonyl (C=O) groups is 2.